The van der Waals surface area contributed by atoms with E-state index in [-0.39, 0.29) is 23.0 Å². The van der Waals surface area contributed by atoms with E-state index in [1.165, 1.54) is 41.7 Å². The van der Waals surface area contributed by atoms with Crippen LogP contribution in [0.25, 0.3) is 11.0 Å². The van der Waals surface area contributed by atoms with Crippen molar-refractivity contribution < 1.29 is 22.0 Å². The minimum absolute atomic E-state index is 0.0564. The third-order valence-electron chi connectivity index (χ3n) is 5.24. The highest BCUT2D eigenvalue weighted by molar-refractivity contribution is 7.92. The van der Waals surface area contributed by atoms with E-state index in [1.807, 2.05) is 6.07 Å². The van der Waals surface area contributed by atoms with Crippen molar-refractivity contribution in [2.45, 2.75) is 11.8 Å². The van der Waals surface area contributed by atoms with Crippen molar-refractivity contribution in [3.8, 4) is 0 Å². The molecule has 8 heteroatoms. The molecule has 0 saturated heterocycles. The first-order valence-corrected chi connectivity index (χ1v) is 11.3. The number of Topliss-reactive ketones (excluding diaryl/α,β-unsaturated/α-hetero) is 1. The smallest absolute Gasteiger partial charge is 0.264 e. The van der Waals surface area contributed by atoms with Gasteiger partial charge >= 0.3 is 0 Å². The first-order chi connectivity index (χ1) is 15.3. The number of furan rings is 1. The highest BCUT2D eigenvalue weighted by atomic mass is 32.2. The summed E-state index contributed by atoms with van der Waals surface area (Å²) in [6, 6.07) is 19.1. The Morgan fingerprint density at radius 1 is 1.03 bits per heavy atom. The summed E-state index contributed by atoms with van der Waals surface area (Å²) in [5.74, 6) is -0.520. The van der Waals surface area contributed by atoms with Crippen LogP contribution in [0, 0.1) is 12.7 Å². The number of nitrogens with zero attached hydrogens (tertiary/aromatic N) is 1. The van der Waals surface area contributed by atoms with Gasteiger partial charge in [0.05, 0.1) is 17.1 Å². The molecule has 0 bridgehead atoms. The van der Waals surface area contributed by atoms with Crippen LogP contribution in [0.2, 0.25) is 0 Å². The van der Waals surface area contributed by atoms with Gasteiger partial charge in [0.25, 0.3) is 10.0 Å². The van der Waals surface area contributed by atoms with Gasteiger partial charge in [0.1, 0.15) is 11.4 Å². The molecule has 0 radical (unpaired) electrons. The van der Waals surface area contributed by atoms with Crippen LogP contribution in [0.4, 0.5) is 15.8 Å². The summed E-state index contributed by atoms with van der Waals surface area (Å²) in [7, 11) is -2.22. The molecule has 0 amide bonds. The normalized spacial score (nSPS) is 11.5. The van der Waals surface area contributed by atoms with Crippen LogP contribution < -0.4 is 9.62 Å². The molecule has 1 heterocycles. The number of carbonyl (C=O) groups excluding carboxylic acids is 1. The Morgan fingerprint density at radius 3 is 2.41 bits per heavy atom. The molecule has 164 valence electrons. The van der Waals surface area contributed by atoms with Crippen molar-refractivity contribution >= 4 is 38.2 Å². The predicted molar refractivity (Wildman–Crippen MR) is 122 cm³/mol. The van der Waals surface area contributed by atoms with Gasteiger partial charge in [-0.3, -0.25) is 9.10 Å². The highest BCUT2D eigenvalue weighted by Gasteiger charge is 2.21. The molecule has 0 atom stereocenters. The van der Waals surface area contributed by atoms with E-state index in [4.69, 9.17) is 4.42 Å². The summed E-state index contributed by atoms with van der Waals surface area (Å²) in [6.07, 6.45) is 0. The number of hydrogen-bond acceptors (Lipinski definition) is 5. The molecule has 32 heavy (non-hydrogen) atoms. The van der Waals surface area contributed by atoms with Crippen LogP contribution in [-0.4, -0.2) is 27.8 Å². The Hall–Kier alpha value is -3.65. The van der Waals surface area contributed by atoms with Gasteiger partial charge in [-0.05, 0) is 61.5 Å². The average molecular weight is 453 g/mol. The lowest BCUT2D eigenvalue weighted by Crippen LogP contribution is -2.26. The third-order valence-corrected chi connectivity index (χ3v) is 7.04. The van der Waals surface area contributed by atoms with Crippen LogP contribution in [0.3, 0.4) is 0 Å². The Bertz CT molecular complexity index is 1380. The number of rotatable bonds is 7. The fourth-order valence-electron chi connectivity index (χ4n) is 3.40. The standard InChI is InChI=1S/C24H21FN2O4S/c1-16-21-14-17(25)8-13-23(21)31-24(16)22(28)15-26-18-9-11-20(12-10-18)32(29,30)27(2)19-6-4-3-5-7-19/h3-14,26H,15H2,1-2H3. The van der Waals surface area contributed by atoms with Gasteiger partial charge < -0.3 is 9.73 Å². The zero-order valence-electron chi connectivity index (χ0n) is 17.5. The van der Waals surface area contributed by atoms with Gasteiger partial charge in [-0.1, -0.05) is 18.2 Å². The molecular formula is C24H21FN2O4S. The molecule has 3 aromatic carbocycles. The van der Waals surface area contributed by atoms with Crippen molar-refractivity contribution in [3.05, 3.63) is 89.9 Å². The second-order valence-corrected chi connectivity index (χ2v) is 9.28. The number of nitrogens with one attached hydrogen (secondary N) is 1. The summed E-state index contributed by atoms with van der Waals surface area (Å²) in [4.78, 5) is 12.7. The van der Waals surface area contributed by atoms with Crippen molar-refractivity contribution in [2.75, 3.05) is 23.2 Å². The Labute approximate surface area is 185 Å². The number of halogens is 1. The number of aryl methyl sites for hydroxylation is 1. The third kappa shape index (κ3) is 4.09. The lowest BCUT2D eigenvalue weighted by atomic mass is 10.1. The van der Waals surface area contributed by atoms with Gasteiger partial charge in [-0.25, -0.2) is 12.8 Å². The first kappa shape index (κ1) is 21.6. The van der Waals surface area contributed by atoms with Crippen molar-refractivity contribution in [1.82, 2.24) is 0 Å². The number of carbonyl (C=O) groups is 1. The molecule has 4 rings (SSSR count). The molecule has 4 aromatic rings. The second kappa shape index (κ2) is 8.47. The van der Waals surface area contributed by atoms with Gasteiger partial charge in [-0.15, -0.1) is 0 Å². The minimum atomic E-state index is -3.71. The zero-order chi connectivity index (χ0) is 22.9. The summed E-state index contributed by atoms with van der Waals surface area (Å²) in [5, 5.41) is 3.53. The Balaban J connectivity index is 1.46. The minimum Gasteiger partial charge on any atom is -0.453 e. The number of anilines is 2. The number of fused-ring (bicyclic) bond motifs is 1. The fourth-order valence-corrected chi connectivity index (χ4v) is 4.60. The number of ketones is 1. The van der Waals surface area contributed by atoms with E-state index >= 15 is 0 Å². The quantitative estimate of drug-likeness (QED) is 0.399. The molecule has 0 unspecified atom stereocenters. The van der Waals surface area contributed by atoms with Crippen LogP contribution in [0.15, 0.2) is 82.1 Å². The number of para-hydroxylation sites is 1. The Kier molecular flexibility index (Phi) is 5.71. The van der Waals surface area contributed by atoms with E-state index in [0.29, 0.717) is 27.9 Å². The number of sulfonamides is 1. The maximum Gasteiger partial charge on any atom is 0.264 e. The van der Waals surface area contributed by atoms with Crippen molar-refractivity contribution in [3.63, 3.8) is 0 Å². The predicted octanol–water partition coefficient (Wildman–Crippen LogP) is 5.00. The molecule has 0 aliphatic carbocycles. The van der Waals surface area contributed by atoms with Crippen molar-refractivity contribution in [1.29, 1.82) is 0 Å². The van der Waals surface area contributed by atoms with E-state index in [1.54, 1.807) is 43.3 Å². The maximum atomic E-state index is 13.5. The van der Waals surface area contributed by atoms with E-state index in [2.05, 4.69) is 5.32 Å². The summed E-state index contributed by atoms with van der Waals surface area (Å²) in [5.41, 5.74) is 2.17. The SMILES string of the molecule is Cc1c(C(=O)CNc2ccc(S(=O)(=O)N(C)c3ccccc3)cc2)oc2ccc(F)cc12. The number of benzene rings is 3. The largest absolute Gasteiger partial charge is 0.453 e. The van der Waals surface area contributed by atoms with Gasteiger partial charge in [0.15, 0.2) is 5.76 Å². The van der Waals surface area contributed by atoms with Crippen LogP contribution in [0.1, 0.15) is 16.1 Å². The average Bonchev–Trinajstić information content (AvgIpc) is 3.13. The van der Waals surface area contributed by atoms with Gasteiger partial charge in [0, 0.05) is 23.7 Å². The van der Waals surface area contributed by atoms with E-state index in [9.17, 15) is 17.6 Å². The first-order valence-electron chi connectivity index (χ1n) is 9.87. The monoisotopic (exact) mass is 452 g/mol. The molecule has 0 saturated carbocycles. The van der Waals surface area contributed by atoms with Gasteiger partial charge in [0.2, 0.25) is 5.78 Å². The lowest BCUT2D eigenvalue weighted by molar-refractivity contribution is 0.0981. The fraction of sp³-hybridized carbons (Fsp3) is 0.125. The topological polar surface area (TPSA) is 79.6 Å². The van der Waals surface area contributed by atoms with E-state index < -0.39 is 15.8 Å². The zero-order valence-corrected chi connectivity index (χ0v) is 18.3. The number of hydrogen-bond donors (Lipinski definition) is 1. The highest BCUT2D eigenvalue weighted by Crippen LogP contribution is 2.27. The molecule has 0 aliphatic heterocycles. The summed E-state index contributed by atoms with van der Waals surface area (Å²) >= 11 is 0. The molecule has 6 nitrogen and oxygen atoms in total. The maximum absolute atomic E-state index is 13.5. The summed E-state index contributed by atoms with van der Waals surface area (Å²) < 4.78 is 46.0. The van der Waals surface area contributed by atoms with Crippen molar-refractivity contribution in [2.24, 2.45) is 0 Å². The summed E-state index contributed by atoms with van der Waals surface area (Å²) in [6.45, 7) is 1.65. The molecular weight excluding hydrogens is 431 g/mol. The molecule has 1 aromatic heterocycles. The van der Waals surface area contributed by atoms with E-state index in [0.717, 1.165) is 0 Å². The second-order valence-electron chi connectivity index (χ2n) is 7.31. The van der Waals surface area contributed by atoms with Crippen LogP contribution in [0.5, 0.6) is 0 Å². The van der Waals surface area contributed by atoms with Crippen LogP contribution >= 0.6 is 0 Å². The van der Waals surface area contributed by atoms with Crippen LogP contribution in [-0.2, 0) is 10.0 Å². The molecule has 1 N–H and O–H groups in total. The Morgan fingerprint density at radius 2 is 1.72 bits per heavy atom. The molecule has 0 fully saturated rings. The van der Waals surface area contributed by atoms with Gasteiger partial charge in [-0.2, -0.15) is 0 Å². The molecule has 0 aliphatic rings. The molecule has 0 spiro atoms. The lowest BCUT2D eigenvalue weighted by Gasteiger charge is -2.19.